The Bertz CT molecular complexity index is 501. The van der Waals surface area contributed by atoms with E-state index < -0.39 is 0 Å². The minimum atomic E-state index is 0.252. The van der Waals surface area contributed by atoms with E-state index in [1.165, 1.54) is 32.4 Å². The SMILES string of the molecule is Cc1nnc(C[C@@H]2OC[C@H]3CN(C4CCOCC4)CC[C@H]32)o1. The summed E-state index contributed by atoms with van der Waals surface area (Å²) in [4.78, 5) is 2.67. The molecular formula is C16H25N3O3. The fraction of sp³-hybridized carbons (Fsp3) is 0.875. The monoisotopic (exact) mass is 307 g/mol. The largest absolute Gasteiger partial charge is 0.425 e. The lowest BCUT2D eigenvalue weighted by molar-refractivity contribution is 0.00996. The third-order valence-electron chi connectivity index (χ3n) is 5.48. The number of ether oxygens (including phenoxy) is 2. The van der Waals surface area contributed by atoms with E-state index in [0.29, 0.717) is 23.8 Å². The number of nitrogens with zero attached hydrogens (tertiary/aromatic N) is 3. The minimum absolute atomic E-state index is 0.252. The van der Waals surface area contributed by atoms with Crippen LogP contribution >= 0.6 is 0 Å². The first-order valence-corrected chi connectivity index (χ1v) is 8.52. The highest BCUT2D eigenvalue weighted by atomic mass is 16.5. The van der Waals surface area contributed by atoms with Crippen molar-refractivity contribution in [1.82, 2.24) is 15.1 Å². The maximum absolute atomic E-state index is 6.07. The van der Waals surface area contributed by atoms with Gasteiger partial charge in [0.25, 0.3) is 0 Å². The predicted octanol–water partition coefficient (Wildman–Crippen LogP) is 1.44. The van der Waals surface area contributed by atoms with E-state index in [9.17, 15) is 0 Å². The molecule has 4 heterocycles. The molecule has 3 saturated heterocycles. The van der Waals surface area contributed by atoms with E-state index in [2.05, 4.69) is 15.1 Å². The summed E-state index contributed by atoms with van der Waals surface area (Å²) in [6.45, 7) is 6.92. The van der Waals surface area contributed by atoms with Gasteiger partial charge >= 0.3 is 0 Å². The fourth-order valence-electron chi connectivity index (χ4n) is 4.30. The van der Waals surface area contributed by atoms with Crippen LogP contribution in [0.2, 0.25) is 0 Å². The summed E-state index contributed by atoms with van der Waals surface area (Å²) in [5, 5.41) is 8.03. The molecule has 0 unspecified atom stereocenters. The molecule has 0 radical (unpaired) electrons. The lowest BCUT2D eigenvalue weighted by Gasteiger charge is -2.41. The molecule has 0 saturated carbocycles. The molecule has 0 aliphatic carbocycles. The maximum Gasteiger partial charge on any atom is 0.219 e. The van der Waals surface area contributed by atoms with Gasteiger partial charge in [0.05, 0.1) is 19.1 Å². The number of hydrogen-bond donors (Lipinski definition) is 0. The van der Waals surface area contributed by atoms with Crippen molar-refractivity contribution in [3.8, 4) is 0 Å². The number of rotatable bonds is 3. The number of aromatic nitrogens is 2. The van der Waals surface area contributed by atoms with Crippen LogP contribution in [0, 0.1) is 18.8 Å². The second-order valence-corrected chi connectivity index (χ2v) is 6.84. The number of aryl methyl sites for hydroxylation is 1. The Balaban J connectivity index is 1.35. The van der Waals surface area contributed by atoms with Gasteiger partial charge in [0, 0.05) is 38.6 Å². The summed E-state index contributed by atoms with van der Waals surface area (Å²) in [7, 11) is 0. The highest BCUT2D eigenvalue weighted by molar-refractivity contribution is 4.95. The van der Waals surface area contributed by atoms with E-state index in [4.69, 9.17) is 13.9 Å². The average molecular weight is 307 g/mol. The molecule has 3 atom stereocenters. The van der Waals surface area contributed by atoms with Gasteiger partial charge < -0.3 is 13.9 Å². The number of fused-ring (bicyclic) bond motifs is 1. The summed E-state index contributed by atoms with van der Waals surface area (Å²) >= 11 is 0. The molecule has 3 fully saturated rings. The van der Waals surface area contributed by atoms with Crippen LogP contribution in [0.4, 0.5) is 0 Å². The van der Waals surface area contributed by atoms with Crippen molar-refractivity contribution in [2.75, 3.05) is 32.9 Å². The maximum atomic E-state index is 6.07. The van der Waals surface area contributed by atoms with Crippen molar-refractivity contribution < 1.29 is 13.9 Å². The van der Waals surface area contributed by atoms with Gasteiger partial charge in [-0.15, -0.1) is 10.2 Å². The smallest absolute Gasteiger partial charge is 0.219 e. The summed E-state index contributed by atoms with van der Waals surface area (Å²) in [6.07, 6.45) is 4.60. The van der Waals surface area contributed by atoms with Crippen LogP contribution in [-0.4, -0.2) is 60.2 Å². The molecule has 122 valence electrons. The number of hydrogen-bond acceptors (Lipinski definition) is 6. The third-order valence-corrected chi connectivity index (χ3v) is 5.48. The molecule has 6 heteroatoms. The fourth-order valence-corrected chi connectivity index (χ4v) is 4.30. The second kappa shape index (κ2) is 6.26. The normalized spacial score (nSPS) is 34.0. The first-order chi connectivity index (χ1) is 10.8. The van der Waals surface area contributed by atoms with Crippen LogP contribution in [0.1, 0.15) is 31.0 Å². The van der Waals surface area contributed by atoms with Crippen LogP contribution < -0.4 is 0 Å². The minimum Gasteiger partial charge on any atom is -0.425 e. The molecular weight excluding hydrogens is 282 g/mol. The molecule has 1 aromatic heterocycles. The van der Waals surface area contributed by atoms with Crippen molar-refractivity contribution >= 4 is 0 Å². The third kappa shape index (κ3) is 2.92. The second-order valence-electron chi connectivity index (χ2n) is 6.84. The van der Waals surface area contributed by atoms with Gasteiger partial charge in [0.2, 0.25) is 11.8 Å². The highest BCUT2D eigenvalue weighted by Gasteiger charge is 2.42. The topological polar surface area (TPSA) is 60.6 Å². The molecule has 22 heavy (non-hydrogen) atoms. The van der Waals surface area contributed by atoms with Gasteiger partial charge in [-0.25, -0.2) is 0 Å². The van der Waals surface area contributed by atoms with Gasteiger partial charge in [0.15, 0.2) is 0 Å². The quantitative estimate of drug-likeness (QED) is 0.842. The zero-order valence-electron chi connectivity index (χ0n) is 13.2. The molecule has 3 aliphatic rings. The predicted molar refractivity (Wildman–Crippen MR) is 79.5 cm³/mol. The van der Waals surface area contributed by atoms with Crippen LogP contribution in [0.3, 0.4) is 0 Å². The molecule has 0 bridgehead atoms. The Hall–Kier alpha value is -0.980. The first kappa shape index (κ1) is 14.6. The Kier molecular flexibility index (Phi) is 4.15. The lowest BCUT2D eigenvalue weighted by atomic mass is 9.82. The van der Waals surface area contributed by atoms with Crippen LogP contribution in [0.5, 0.6) is 0 Å². The molecule has 0 N–H and O–H groups in total. The Morgan fingerprint density at radius 3 is 2.82 bits per heavy atom. The zero-order valence-corrected chi connectivity index (χ0v) is 13.2. The van der Waals surface area contributed by atoms with Crippen molar-refractivity contribution in [3.05, 3.63) is 11.8 Å². The zero-order chi connectivity index (χ0) is 14.9. The van der Waals surface area contributed by atoms with Gasteiger partial charge in [-0.3, -0.25) is 4.90 Å². The van der Waals surface area contributed by atoms with Crippen molar-refractivity contribution in [1.29, 1.82) is 0 Å². The molecule has 0 spiro atoms. The summed E-state index contributed by atoms with van der Waals surface area (Å²) in [5.41, 5.74) is 0. The standard InChI is InChI=1S/C16H25N3O3/c1-11-17-18-16(22-11)8-15-14-2-5-19(9-12(14)10-21-15)13-3-6-20-7-4-13/h12-15H,2-10H2,1H3/t12-,14-,15+/m1/s1. The molecule has 0 amide bonds. The molecule has 4 rings (SSSR count). The molecule has 1 aromatic rings. The van der Waals surface area contributed by atoms with Crippen LogP contribution in [0.25, 0.3) is 0 Å². The highest BCUT2D eigenvalue weighted by Crippen LogP contribution is 2.37. The lowest BCUT2D eigenvalue weighted by Crippen LogP contribution is -2.48. The average Bonchev–Trinajstić information content (AvgIpc) is 3.15. The van der Waals surface area contributed by atoms with E-state index in [1.807, 2.05) is 6.92 Å². The van der Waals surface area contributed by atoms with E-state index in [1.54, 1.807) is 0 Å². The Labute approximate surface area is 131 Å². The molecule has 6 nitrogen and oxygen atoms in total. The van der Waals surface area contributed by atoms with Crippen molar-refractivity contribution in [3.63, 3.8) is 0 Å². The van der Waals surface area contributed by atoms with Crippen LogP contribution in [0.15, 0.2) is 4.42 Å². The van der Waals surface area contributed by atoms with Crippen molar-refractivity contribution in [2.24, 2.45) is 11.8 Å². The van der Waals surface area contributed by atoms with Gasteiger partial charge in [-0.1, -0.05) is 0 Å². The number of likely N-dealkylation sites (tertiary alicyclic amines) is 1. The van der Waals surface area contributed by atoms with E-state index in [-0.39, 0.29) is 6.10 Å². The van der Waals surface area contributed by atoms with Gasteiger partial charge in [-0.05, 0) is 31.7 Å². The van der Waals surface area contributed by atoms with Gasteiger partial charge in [-0.2, -0.15) is 0 Å². The molecule has 0 aromatic carbocycles. The van der Waals surface area contributed by atoms with E-state index >= 15 is 0 Å². The Morgan fingerprint density at radius 2 is 2.05 bits per heavy atom. The molecule has 3 aliphatic heterocycles. The first-order valence-electron chi connectivity index (χ1n) is 8.52. The summed E-state index contributed by atoms with van der Waals surface area (Å²) < 4.78 is 17.1. The number of piperidine rings is 1. The van der Waals surface area contributed by atoms with Crippen LogP contribution in [-0.2, 0) is 15.9 Å². The van der Waals surface area contributed by atoms with Gasteiger partial charge in [0.1, 0.15) is 0 Å². The summed E-state index contributed by atoms with van der Waals surface area (Å²) in [6, 6.07) is 0.715. The Morgan fingerprint density at radius 1 is 1.18 bits per heavy atom. The van der Waals surface area contributed by atoms with E-state index in [0.717, 1.165) is 32.1 Å². The summed E-state index contributed by atoms with van der Waals surface area (Å²) in [5.74, 6) is 2.66. The van der Waals surface area contributed by atoms with Crippen molar-refractivity contribution in [2.45, 2.75) is 44.8 Å².